The molecule has 0 spiro atoms. The van der Waals surface area contributed by atoms with Crippen LogP contribution >= 0.6 is 9.24 Å². The van der Waals surface area contributed by atoms with Crippen molar-refractivity contribution in [3.05, 3.63) is 0 Å². The quantitative estimate of drug-likeness (QED) is 0.0559. The van der Waals surface area contributed by atoms with E-state index in [4.69, 9.17) is 0 Å². The second-order valence-corrected chi connectivity index (χ2v) is 15.9. The molecule has 1 nitrogen and oxygen atoms in total. The van der Waals surface area contributed by atoms with Crippen LogP contribution in [0.5, 0.6) is 0 Å². The summed E-state index contributed by atoms with van der Waals surface area (Å²) in [6.45, 7) is 8.97. The van der Waals surface area contributed by atoms with Crippen LogP contribution in [0.2, 0.25) is 0 Å². The summed E-state index contributed by atoms with van der Waals surface area (Å²) in [6, 6.07) is 0. The van der Waals surface area contributed by atoms with Crippen molar-refractivity contribution >= 4 is 9.24 Å². The SMILES string of the molecule is CCCCCCCCCCCCCCCCCCC(C)(CCCCCCCCCCCCCCCCCC)C(C)(O)P. The maximum Gasteiger partial charge on any atom is 0.0803 e. The molecule has 254 valence electrons. The Kier molecular flexibility index (Phi) is 31.7. The molecular weight excluding hydrogens is 527 g/mol. The average Bonchev–Trinajstić information content (AvgIpc) is 2.96. The van der Waals surface area contributed by atoms with Crippen LogP contribution in [-0.4, -0.2) is 10.4 Å². The summed E-state index contributed by atoms with van der Waals surface area (Å²) in [5, 5.41) is 10.3. The zero-order chi connectivity index (χ0) is 31.0. The van der Waals surface area contributed by atoms with Crippen molar-refractivity contribution in [3.8, 4) is 0 Å². The molecule has 0 saturated carbocycles. The molecule has 0 fully saturated rings. The smallest absolute Gasteiger partial charge is 0.0803 e. The van der Waals surface area contributed by atoms with Gasteiger partial charge in [0.15, 0.2) is 0 Å². The van der Waals surface area contributed by atoms with E-state index in [9.17, 15) is 5.11 Å². The lowest BCUT2D eigenvalue weighted by atomic mass is 9.75. The molecule has 0 aromatic heterocycles. The number of aliphatic hydroxyl groups is 1. The van der Waals surface area contributed by atoms with Crippen molar-refractivity contribution in [3.63, 3.8) is 0 Å². The van der Waals surface area contributed by atoms with Crippen LogP contribution in [0.25, 0.3) is 0 Å². The number of hydrogen-bond donors (Lipinski definition) is 1. The van der Waals surface area contributed by atoms with E-state index in [1.807, 2.05) is 6.92 Å². The molecule has 0 rings (SSSR count). The fourth-order valence-corrected chi connectivity index (χ4v) is 7.05. The molecule has 0 aromatic rings. The van der Waals surface area contributed by atoms with E-state index in [-0.39, 0.29) is 5.41 Å². The van der Waals surface area contributed by atoms with E-state index in [1.165, 1.54) is 218 Å². The van der Waals surface area contributed by atoms with Gasteiger partial charge in [0.05, 0.1) is 5.34 Å². The maximum absolute atomic E-state index is 11.0. The molecule has 0 aromatic carbocycles. The topological polar surface area (TPSA) is 20.2 Å². The Morgan fingerprint density at radius 2 is 0.500 bits per heavy atom. The first-order valence-electron chi connectivity index (χ1n) is 19.9. The Labute approximate surface area is 270 Å². The van der Waals surface area contributed by atoms with Gasteiger partial charge in [0.25, 0.3) is 0 Å². The summed E-state index contributed by atoms with van der Waals surface area (Å²) >= 11 is 0. The molecule has 0 aliphatic carbocycles. The third-order valence-corrected chi connectivity index (χ3v) is 11.1. The Morgan fingerprint density at radius 1 is 0.333 bits per heavy atom. The predicted molar refractivity (Wildman–Crippen MR) is 197 cm³/mol. The molecule has 0 amide bonds. The minimum atomic E-state index is -0.655. The first-order chi connectivity index (χ1) is 20.4. The Bertz CT molecular complexity index is 474. The van der Waals surface area contributed by atoms with Gasteiger partial charge in [-0.25, -0.2) is 0 Å². The van der Waals surface area contributed by atoms with Crippen LogP contribution in [0.1, 0.15) is 246 Å². The van der Waals surface area contributed by atoms with E-state index in [2.05, 4.69) is 30.0 Å². The Hall–Kier alpha value is 0.390. The molecule has 0 radical (unpaired) electrons. The van der Waals surface area contributed by atoms with Crippen molar-refractivity contribution in [1.29, 1.82) is 0 Å². The molecule has 0 bridgehead atoms. The predicted octanol–water partition coefficient (Wildman–Crippen LogP) is 14.9. The van der Waals surface area contributed by atoms with E-state index < -0.39 is 5.34 Å². The van der Waals surface area contributed by atoms with Gasteiger partial charge >= 0.3 is 0 Å². The summed E-state index contributed by atoms with van der Waals surface area (Å²) < 4.78 is 0. The molecule has 2 heteroatoms. The fourth-order valence-electron chi connectivity index (χ4n) is 6.76. The van der Waals surface area contributed by atoms with Gasteiger partial charge in [-0.3, -0.25) is 0 Å². The monoisotopic (exact) mass is 611 g/mol. The molecule has 42 heavy (non-hydrogen) atoms. The maximum atomic E-state index is 11.0. The minimum absolute atomic E-state index is 0.0314. The Balaban J connectivity index is 3.63. The van der Waals surface area contributed by atoms with E-state index in [1.54, 1.807) is 0 Å². The summed E-state index contributed by atoms with van der Waals surface area (Å²) in [6.07, 6.45) is 47.8. The first kappa shape index (κ1) is 42.4. The lowest BCUT2D eigenvalue weighted by Crippen LogP contribution is -2.38. The van der Waals surface area contributed by atoms with E-state index >= 15 is 0 Å². The fraction of sp³-hybridized carbons (Fsp3) is 1.00. The van der Waals surface area contributed by atoms with Crippen molar-refractivity contribution < 1.29 is 5.11 Å². The van der Waals surface area contributed by atoms with Crippen LogP contribution in [0, 0.1) is 5.41 Å². The van der Waals surface area contributed by atoms with Gasteiger partial charge in [-0.1, -0.05) is 226 Å². The van der Waals surface area contributed by atoms with Crippen molar-refractivity contribution in [2.75, 3.05) is 0 Å². The van der Waals surface area contributed by atoms with E-state index in [0.717, 1.165) is 0 Å². The largest absolute Gasteiger partial charge is 0.386 e. The summed E-state index contributed by atoms with van der Waals surface area (Å²) in [7, 11) is 2.77. The van der Waals surface area contributed by atoms with Crippen molar-refractivity contribution in [2.45, 2.75) is 251 Å². The van der Waals surface area contributed by atoms with Crippen molar-refractivity contribution in [1.82, 2.24) is 0 Å². The zero-order valence-electron chi connectivity index (χ0n) is 30.1. The minimum Gasteiger partial charge on any atom is -0.386 e. The standard InChI is InChI=1S/C40H83OP/c1-5-7-9-11-13-15-17-19-21-23-25-27-29-31-33-35-37-39(3,40(4,41)42)38-36-34-32-30-28-26-24-22-20-18-16-14-12-10-8-6-2/h41H,5-38,42H2,1-4H3. The van der Waals surface area contributed by atoms with E-state index in [0.29, 0.717) is 0 Å². The first-order valence-corrected chi connectivity index (χ1v) is 20.5. The Morgan fingerprint density at radius 3 is 0.667 bits per heavy atom. The molecule has 0 saturated heterocycles. The number of hydrogen-bond acceptors (Lipinski definition) is 1. The van der Waals surface area contributed by atoms with Crippen LogP contribution in [0.4, 0.5) is 0 Å². The molecule has 0 heterocycles. The van der Waals surface area contributed by atoms with Crippen LogP contribution in [-0.2, 0) is 0 Å². The van der Waals surface area contributed by atoms with Gasteiger partial charge in [0.1, 0.15) is 0 Å². The van der Waals surface area contributed by atoms with Gasteiger partial charge in [-0.15, -0.1) is 9.24 Å². The summed E-state index contributed by atoms with van der Waals surface area (Å²) in [4.78, 5) is 0. The summed E-state index contributed by atoms with van der Waals surface area (Å²) in [5.74, 6) is 0. The third kappa shape index (κ3) is 27.9. The number of rotatable bonds is 35. The highest BCUT2D eigenvalue weighted by Gasteiger charge is 2.38. The normalized spacial score (nSPS) is 13.6. The van der Waals surface area contributed by atoms with Gasteiger partial charge in [-0.2, -0.15) is 0 Å². The molecule has 2 unspecified atom stereocenters. The zero-order valence-corrected chi connectivity index (χ0v) is 31.2. The van der Waals surface area contributed by atoms with Crippen LogP contribution in [0.15, 0.2) is 0 Å². The highest BCUT2D eigenvalue weighted by molar-refractivity contribution is 7.18. The highest BCUT2D eigenvalue weighted by atomic mass is 31.0. The molecule has 1 N–H and O–H groups in total. The molecular formula is C40H83OP. The average molecular weight is 611 g/mol. The highest BCUT2D eigenvalue weighted by Crippen LogP contribution is 2.45. The summed E-state index contributed by atoms with van der Waals surface area (Å²) in [5.41, 5.74) is 0.0314. The van der Waals surface area contributed by atoms with Gasteiger partial charge < -0.3 is 5.11 Å². The lowest BCUT2D eigenvalue weighted by Gasteiger charge is -2.41. The van der Waals surface area contributed by atoms with Crippen LogP contribution < -0.4 is 0 Å². The molecule has 0 aliphatic heterocycles. The molecule has 0 aliphatic rings. The van der Waals surface area contributed by atoms with Gasteiger partial charge in [-0.05, 0) is 25.2 Å². The van der Waals surface area contributed by atoms with Crippen LogP contribution in [0.3, 0.4) is 0 Å². The second-order valence-electron chi connectivity index (χ2n) is 14.8. The van der Waals surface area contributed by atoms with Gasteiger partial charge in [0.2, 0.25) is 0 Å². The molecule has 2 atom stereocenters. The van der Waals surface area contributed by atoms with Crippen molar-refractivity contribution in [2.24, 2.45) is 5.41 Å². The second kappa shape index (κ2) is 31.4. The third-order valence-electron chi connectivity index (χ3n) is 10.4. The van der Waals surface area contributed by atoms with Gasteiger partial charge in [0, 0.05) is 0 Å². The number of unbranched alkanes of at least 4 members (excludes halogenated alkanes) is 30. The lowest BCUT2D eigenvalue weighted by molar-refractivity contribution is 0.00278.